The van der Waals surface area contributed by atoms with E-state index < -0.39 is 5.91 Å². The zero-order valence-electron chi connectivity index (χ0n) is 16.2. The number of primary amides is 1. The number of nitrogens with two attached hydrogens (primary N) is 1. The Hall–Kier alpha value is -3.87. The lowest BCUT2D eigenvalue weighted by Crippen LogP contribution is -2.20. The quantitative estimate of drug-likeness (QED) is 0.562. The lowest BCUT2D eigenvalue weighted by Gasteiger charge is -2.14. The van der Waals surface area contributed by atoms with Crippen molar-refractivity contribution in [1.29, 1.82) is 0 Å². The Bertz CT molecular complexity index is 1140. The van der Waals surface area contributed by atoms with Crippen molar-refractivity contribution in [2.24, 2.45) is 11.7 Å². The molecule has 1 saturated carbocycles. The van der Waals surface area contributed by atoms with Crippen LogP contribution in [-0.4, -0.2) is 24.3 Å². The zero-order chi connectivity index (χ0) is 21.1. The standard InChI is InChI=1S/C23H21N3O4/c24-21(27)13-30-18-7-3-6-17(12-18)25-23(29)19-10-15-4-1-2-5-16(15)11-20(19)26-22(28)14-8-9-14/h1-7,10-12,14H,8-9,13H2,(H2,24,27)(H,25,29)(H,26,28). The summed E-state index contributed by atoms with van der Waals surface area (Å²) >= 11 is 0. The molecule has 3 amide bonds. The summed E-state index contributed by atoms with van der Waals surface area (Å²) in [6, 6.07) is 17.9. The van der Waals surface area contributed by atoms with Crippen LogP contribution in [0.5, 0.6) is 5.75 Å². The molecule has 0 bridgehead atoms. The van der Waals surface area contributed by atoms with Crippen molar-refractivity contribution in [2.75, 3.05) is 17.2 Å². The molecule has 0 aliphatic heterocycles. The molecule has 0 unspecified atom stereocenters. The largest absolute Gasteiger partial charge is 0.484 e. The second kappa shape index (κ2) is 8.24. The van der Waals surface area contributed by atoms with E-state index in [0.29, 0.717) is 22.7 Å². The number of hydrogen-bond donors (Lipinski definition) is 3. The molecular weight excluding hydrogens is 382 g/mol. The SMILES string of the molecule is NC(=O)COc1cccc(NC(=O)c2cc3ccccc3cc2NC(=O)C2CC2)c1. The summed E-state index contributed by atoms with van der Waals surface area (Å²) in [6.07, 6.45) is 1.75. The molecule has 3 aromatic rings. The van der Waals surface area contributed by atoms with Crippen LogP contribution in [0.1, 0.15) is 23.2 Å². The molecule has 0 saturated heterocycles. The van der Waals surface area contributed by atoms with Crippen molar-refractivity contribution in [3.63, 3.8) is 0 Å². The lowest BCUT2D eigenvalue weighted by atomic mass is 10.0. The van der Waals surface area contributed by atoms with Gasteiger partial charge in [-0.3, -0.25) is 14.4 Å². The molecule has 0 radical (unpaired) electrons. The summed E-state index contributed by atoms with van der Waals surface area (Å²) in [5, 5.41) is 7.55. The number of benzene rings is 3. The summed E-state index contributed by atoms with van der Waals surface area (Å²) in [6.45, 7) is -0.251. The maximum Gasteiger partial charge on any atom is 0.257 e. The summed E-state index contributed by atoms with van der Waals surface area (Å²) in [7, 11) is 0. The molecule has 0 atom stereocenters. The summed E-state index contributed by atoms with van der Waals surface area (Å²) in [4.78, 5) is 36.3. The Balaban J connectivity index is 1.60. The molecule has 1 aliphatic rings. The first kappa shape index (κ1) is 19.4. The van der Waals surface area contributed by atoms with E-state index in [1.54, 1.807) is 30.3 Å². The molecule has 152 valence electrons. The van der Waals surface area contributed by atoms with Gasteiger partial charge in [-0.25, -0.2) is 0 Å². The predicted octanol–water partition coefficient (Wildman–Crippen LogP) is 3.30. The van der Waals surface area contributed by atoms with Crippen LogP contribution in [0.4, 0.5) is 11.4 Å². The third-order valence-corrected chi connectivity index (χ3v) is 4.81. The highest BCUT2D eigenvalue weighted by Gasteiger charge is 2.30. The first-order valence-electron chi connectivity index (χ1n) is 9.66. The molecule has 1 aliphatic carbocycles. The third kappa shape index (κ3) is 4.57. The molecule has 0 heterocycles. The smallest absolute Gasteiger partial charge is 0.257 e. The first-order valence-corrected chi connectivity index (χ1v) is 9.66. The number of hydrogen-bond acceptors (Lipinski definition) is 4. The van der Waals surface area contributed by atoms with Gasteiger partial charge in [-0.1, -0.05) is 30.3 Å². The molecule has 7 heteroatoms. The van der Waals surface area contributed by atoms with Gasteiger partial charge in [-0.15, -0.1) is 0 Å². The molecule has 4 rings (SSSR count). The van der Waals surface area contributed by atoms with Gasteiger partial charge in [0.25, 0.3) is 11.8 Å². The molecule has 4 N–H and O–H groups in total. The van der Waals surface area contributed by atoms with Gasteiger partial charge in [0.05, 0.1) is 11.3 Å². The molecular formula is C23H21N3O4. The molecule has 3 aromatic carbocycles. The predicted molar refractivity (Wildman–Crippen MR) is 114 cm³/mol. The van der Waals surface area contributed by atoms with E-state index in [-0.39, 0.29) is 24.3 Å². The Morgan fingerprint density at radius 1 is 0.933 bits per heavy atom. The van der Waals surface area contributed by atoms with Gasteiger partial charge >= 0.3 is 0 Å². The molecule has 1 fully saturated rings. The van der Waals surface area contributed by atoms with E-state index >= 15 is 0 Å². The highest BCUT2D eigenvalue weighted by Crippen LogP contribution is 2.32. The van der Waals surface area contributed by atoms with Crippen molar-refractivity contribution in [2.45, 2.75) is 12.8 Å². The fraction of sp³-hybridized carbons (Fsp3) is 0.174. The minimum Gasteiger partial charge on any atom is -0.484 e. The Kier molecular flexibility index (Phi) is 5.34. The Morgan fingerprint density at radius 3 is 2.37 bits per heavy atom. The average molecular weight is 403 g/mol. The summed E-state index contributed by atoms with van der Waals surface area (Å²) < 4.78 is 5.28. The highest BCUT2D eigenvalue weighted by atomic mass is 16.5. The van der Waals surface area contributed by atoms with Gasteiger partial charge in [0, 0.05) is 17.7 Å². The van der Waals surface area contributed by atoms with Gasteiger partial charge in [-0.05, 0) is 47.9 Å². The van der Waals surface area contributed by atoms with Crippen LogP contribution >= 0.6 is 0 Å². The van der Waals surface area contributed by atoms with Crippen LogP contribution in [0.2, 0.25) is 0 Å². The van der Waals surface area contributed by atoms with Crippen LogP contribution in [0.15, 0.2) is 60.7 Å². The van der Waals surface area contributed by atoms with Crippen molar-refractivity contribution < 1.29 is 19.1 Å². The lowest BCUT2D eigenvalue weighted by molar-refractivity contribution is -0.120. The maximum absolute atomic E-state index is 13.0. The maximum atomic E-state index is 13.0. The Morgan fingerprint density at radius 2 is 1.67 bits per heavy atom. The van der Waals surface area contributed by atoms with Crippen molar-refractivity contribution in [3.8, 4) is 5.75 Å². The van der Waals surface area contributed by atoms with Crippen LogP contribution in [0, 0.1) is 5.92 Å². The van der Waals surface area contributed by atoms with Crippen LogP contribution in [0.25, 0.3) is 10.8 Å². The fourth-order valence-electron chi connectivity index (χ4n) is 3.13. The number of carbonyl (C=O) groups is 3. The van der Waals surface area contributed by atoms with E-state index in [2.05, 4.69) is 10.6 Å². The van der Waals surface area contributed by atoms with Crippen LogP contribution in [0.3, 0.4) is 0 Å². The minimum atomic E-state index is -0.586. The number of nitrogens with one attached hydrogen (secondary N) is 2. The second-order valence-electron chi connectivity index (χ2n) is 7.25. The summed E-state index contributed by atoms with van der Waals surface area (Å²) in [5.74, 6) is -0.587. The zero-order valence-corrected chi connectivity index (χ0v) is 16.2. The van der Waals surface area contributed by atoms with Crippen LogP contribution in [-0.2, 0) is 9.59 Å². The van der Waals surface area contributed by atoms with E-state index in [4.69, 9.17) is 10.5 Å². The van der Waals surface area contributed by atoms with E-state index in [1.807, 2.05) is 30.3 Å². The topological polar surface area (TPSA) is 111 Å². The molecule has 7 nitrogen and oxygen atoms in total. The number of rotatable bonds is 7. The fourth-order valence-corrected chi connectivity index (χ4v) is 3.13. The van der Waals surface area contributed by atoms with Crippen molar-refractivity contribution >= 4 is 39.9 Å². The first-order chi connectivity index (χ1) is 14.5. The minimum absolute atomic E-state index is 0.0199. The van der Waals surface area contributed by atoms with Gasteiger partial charge < -0.3 is 21.1 Å². The molecule has 0 spiro atoms. The highest BCUT2D eigenvalue weighted by molar-refractivity contribution is 6.13. The second-order valence-corrected chi connectivity index (χ2v) is 7.25. The van der Waals surface area contributed by atoms with Gasteiger partial charge in [0.1, 0.15) is 5.75 Å². The van der Waals surface area contributed by atoms with E-state index in [0.717, 1.165) is 23.6 Å². The number of carbonyl (C=O) groups excluding carboxylic acids is 3. The average Bonchev–Trinajstić information content (AvgIpc) is 3.57. The monoisotopic (exact) mass is 403 g/mol. The van der Waals surface area contributed by atoms with Gasteiger partial charge in [0.15, 0.2) is 6.61 Å². The van der Waals surface area contributed by atoms with Gasteiger partial charge in [-0.2, -0.15) is 0 Å². The third-order valence-electron chi connectivity index (χ3n) is 4.81. The number of ether oxygens (including phenoxy) is 1. The number of anilines is 2. The van der Waals surface area contributed by atoms with Gasteiger partial charge in [0.2, 0.25) is 5.91 Å². The van der Waals surface area contributed by atoms with Crippen LogP contribution < -0.4 is 21.1 Å². The van der Waals surface area contributed by atoms with E-state index in [9.17, 15) is 14.4 Å². The number of amides is 3. The Labute approximate surface area is 173 Å². The normalized spacial score (nSPS) is 12.9. The van der Waals surface area contributed by atoms with Crippen molar-refractivity contribution in [1.82, 2.24) is 0 Å². The molecule has 0 aromatic heterocycles. The van der Waals surface area contributed by atoms with Crippen molar-refractivity contribution in [3.05, 3.63) is 66.2 Å². The van der Waals surface area contributed by atoms with E-state index in [1.165, 1.54) is 0 Å². The number of fused-ring (bicyclic) bond motifs is 1. The molecule has 30 heavy (non-hydrogen) atoms. The summed E-state index contributed by atoms with van der Waals surface area (Å²) in [5.41, 5.74) is 6.43.